The molecule has 0 saturated carbocycles. The van der Waals surface area contributed by atoms with Gasteiger partial charge in [-0.2, -0.15) is 0 Å². The van der Waals surface area contributed by atoms with Crippen molar-refractivity contribution in [1.29, 1.82) is 0 Å². The van der Waals surface area contributed by atoms with Crippen LogP contribution in [0.4, 0.5) is 0 Å². The van der Waals surface area contributed by atoms with Gasteiger partial charge in [-0.15, -0.1) is 0 Å². The summed E-state index contributed by atoms with van der Waals surface area (Å²) in [5.41, 5.74) is -1.32. The average molecular weight is 773 g/mol. The van der Waals surface area contributed by atoms with Gasteiger partial charge in [0.05, 0.1) is 19.8 Å². The monoisotopic (exact) mass is 772 g/mol. The fraction of sp³-hybridized carbons (Fsp3) is 0.545. The summed E-state index contributed by atoms with van der Waals surface area (Å²) in [6, 6.07) is 7.12. The Morgan fingerprint density at radius 3 is 1.70 bits per heavy atom. The Morgan fingerprint density at radius 2 is 1.11 bits per heavy atom. The SMILES string of the molecule is O=c1c(OC2OC(CO)C(OC3OC(CO)C(O)C(O)C3O)C(O)C2O)c(-c2ccc(O)cc2)oc2cc(OC3OC(CO)C(O)C(O)C3O)cc(O)c12. The first-order valence-corrected chi connectivity index (χ1v) is 16.5. The fourth-order valence-electron chi connectivity index (χ4n) is 6.30. The van der Waals surface area contributed by atoms with E-state index in [1.54, 1.807) is 0 Å². The lowest BCUT2D eigenvalue weighted by Crippen LogP contribution is -2.65. The van der Waals surface area contributed by atoms with Crippen LogP contribution in [0.15, 0.2) is 45.6 Å². The van der Waals surface area contributed by atoms with Gasteiger partial charge in [0.2, 0.25) is 23.8 Å². The van der Waals surface area contributed by atoms with Gasteiger partial charge >= 0.3 is 0 Å². The smallest absolute Gasteiger partial charge is 0.239 e. The molecular weight excluding hydrogens is 732 g/mol. The van der Waals surface area contributed by atoms with Crippen LogP contribution in [-0.2, 0) is 18.9 Å². The van der Waals surface area contributed by atoms with E-state index in [2.05, 4.69) is 0 Å². The number of hydrogen-bond acceptors (Lipinski definition) is 21. The number of phenols is 2. The maximum absolute atomic E-state index is 14.0. The van der Waals surface area contributed by atoms with Crippen molar-refractivity contribution in [2.75, 3.05) is 19.8 Å². The van der Waals surface area contributed by atoms with E-state index in [0.717, 1.165) is 12.1 Å². The molecule has 15 atom stereocenters. The van der Waals surface area contributed by atoms with Crippen molar-refractivity contribution in [1.82, 2.24) is 0 Å². The van der Waals surface area contributed by atoms with Gasteiger partial charge in [0, 0.05) is 17.7 Å². The van der Waals surface area contributed by atoms with Crippen LogP contribution < -0.4 is 14.9 Å². The van der Waals surface area contributed by atoms with Gasteiger partial charge in [-0.3, -0.25) is 4.79 Å². The molecule has 1 aromatic heterocycles. The molecule has 54 heavy (non-hydrogen) atoms. The summed E-state index contributed by atoms with van der Waals surface area (Å²) in [7, 11) is 0. The summed E-state index contributed by atoms with van der Waals surface area (Å²) in [5.74, 6) is -2.30. The number of aliphatic hydroxyl groups excluding tert-OH is 11. The third-order valence-electron chi connectivity index (χ3n) is 9.33. The molecule has 15 unspecified atom stereocenters. The van der Waals surface area contributed by atoms with E-state index in [1.165, 1.54) is 24.3 Å². The zero-order valence-electron chi connectivity index (χ0n) is 27.8. The molecule has 0 amide bonds. The highest BCUT2D eigenvalue weighted by molar-refractivity contribution is 5.88. The zero-order chi connectivity index (χ0) is 39.2. The van der Waals surface area contributed by atoms with Crippen molar-refractivity contribution < 1.29 is 99.2 Å². The van der Waals surface area contributed by atoms with Gasteiger partial charge in [0.25, 0.3) is 0 Å². The first-order valence-electron chi connectivity index (χ1n) is 16.5. The Balaban J connectivity index is 1.32. The van der Waals surface area contributed by atoms with Gasteiger partial charge < -0.3 is 99.2 Å². The molecule has 4 heterocycles. The molecular formula is C33H40O21. The third kappa shape index (κ3) is 7.45. The number of benzene rings is 2. The minimum atomic E-state index is -2.08. The van der Waals surface area contributed by atoms with Gasteiger partial charge in [0.15, 0.2) is 12.1 Å². The third-order valence-corrected chi connectivity index (χ3v) is 9.33. The lowest BCUT2D eigenvalue weighted by atomic mass is 9.97. The lowest BCUT2D eigenvalue weighted by Gasteiger charge is -2.45. The largest absolute Gasteiger partial charge is 0.508 e. The van der Waals surface area contributed by atoms with E-state index in [-0.39, 0.29) is 28.4 Å². The van der Waals surface area contributed by atoms with Gasteiger partial charge in [-0.1, -0.05) is 0 Å². The minimum absolute atomic E-state index is 0.0925. The number of phenolic OH excluding ortho intramolecular Hbond substituents is 2. The molecule has 298 valence electrons. The maximum Gasteiger partial charge on any atom is 0.239 e. The standard InChI is InChI=1S/C33H40O21/c34-7-15-19(39)22(42)25(45)31(50-15)48-12-5-13(38)18-14(6-12)49-28(10-1-3-11(37)4-2-10)30(21(18)41)54-33-27(47)24(44)29(17(9-36)52-33)53-32-26(46)23(43)20(40)16(8-35)51-32/h1-6,15-17,19-20,22-27,29,31-40,42-47H,7-9H2. The van der Waals surface area contributed by atoms with Gasteiger partial charge in [0.1, 0.15) is 101 Å². The molecule has 2 aromatic carbocycles. The molecule has 3 aliphatic rings. The molecule has 0 bridgehead atoms. The summed E-state index contributed by atoms with van der Waals surface area (Å²) >= 11 is 0. The van der Waals surface area contributed by atoms with Gasteiger partial charge in [-0.25, -0.2) is 0 Å². The molecule has 3 fully saturated rings. The zero-order valence-corrected chi connectivity index (χ0v) is 27.8. The summed E-state index contributed by atoms with van der Waals surface area (Å²) in [5, 5.41) is 133. The van der Waals surface area contributed by atoms with Crippen LogP contribution in [0, 0.1) is 0 Å². The predicted octanol–water partition coefficient (Wildman–Crippen LogP) is -4.95. The summed E-state index contributed by atoms with van der Waals surface area (Å²) in [6.45, 7) is -2.46. The molecule has 3 saturated heterocycles. The van der Waals surface area contributed by atoms with Crippen molar-refractivity contribution >= 4 is 11.0 Å². The molecule has 0 spiro atoms. The Morgan fingerprint density at radius 1 is 0.593 bits per heavy atom. The van der Waals surface area contributed by atoms with Crippen molar-refractivity contribution in [3.8, 4) is 34.3 Å². The average Bonchev–Trinajstić information content (AvgIpc) is 3.15. The second-order valence-corrected chi connectivity index (χ2v) is 12.9. The van der Waals surface area contributed by atoms with Crippen LogP contribution in [0.3, 0.4) is 0 Å². The molecule has 0 aliphatic carbocycles. The number of hydrogen-bond donors (Lipinski definition) is 13. The van der Waals surface area contributed by atoms with Crippen LogP contribution in [0.25, 0.3) is 22.3 Å². The van der Waals surface area contributed by atoms with E-state index in [9.17, 15) is 71.2 Å². The molecule has 3 aliphatic heterocycles. The molecule has 0 radical (unpaired) electrons. The number of ether oxygens (including phenoxy) is 6. The lowest BCUT2D eigenvalue weighted by molar-refractivity contribution is -0.352. The molecule has 13 N–H and O–H groups in total. The Labute approximate surface area is 303 Å². The molecule has 21 nitrogen and oxygen atoms in total. The first kappa shape index (κ1) is 39.9. The Kier molecular flexibility index (Phi) is 11.9. The van der Waals surface area contributed by atoms with Crippen molar-refractivity contribution in [3.63, 3.8) is 0 Å². The van der Waals surface area contributed by atoms with Gasteiger partial charge in [-0.05, 0) is 24.3 Å². The first-order chi connectivity index (χ1) is 25.7. The van der Waals surface area contributed by atoms with E-state index < -0.39 is 134 Å². The van der Waals surface area contributed by atoms with Crippen LogP contribution in [-0.4, -0.2) is 178 Å². The number of rotatable bonds is 10. The summed E-state index contributed by atoms with van der Waals surface area (Å²) < 4.78 is 39.2. The van der Waals surface area contributed by atoms with E-state index >= 15 is 0 Å². The van der Waals surface area contributed by atoms with E-state index in [1.807, 2.05) is 0 Å². The number of aromatic hydroxyl groups is 2. The van der Waals surface area contributed by atoms with E-state index in [0.29, 0.717) is 0 Å². The fourth-order valence-corrected chi connectivity index (χ4v) is 6.30. The Bertz CT molecular complexity index is 1800. The van der Waals surface area contributed by atoms with Crippen LogP contribution in [0.2, 0.25) is 0 Å². The highest BCUT2D eigenvalue weighted by atomic mass is 16.7. The van der Waals surface area contributed by atoms with Crippen molar-refractivity contribution in [2.24, 2.45) is 0 Å². The summed E-state index contributed by atoms with van der Waals surface area (Å²) in [4.78, 5) is 14.0. The second kappa shape index (κ2) is 16.2. The number of fused-ring (bicyclic) bond motifs is 1. The normalized spacial score (nSPS) is 37.3. The Hall–Kier alpha value is -3.75. The highest BCUT2D eigenvalue weighted by Crippen LogP contribution is 2.39. The van der Waals surface area contributed by atoms with Crippen molar-refractivity contribution in [3.05, 3.63) is 46.6 Å². The minimum Gasteiger partial charge on any atom is -0.508 e. The maximum atomic E-state index is 14.0. The van der Waals surface area contributed by atoms with E-state index in [4.69, 9.17) is 32.8 Å². The quantitative estimate of drug-likeness (QED) is 0.0918. The molecule has 21 heteroatoms. The van der Waals surface area contributed by atoms with Crippen molar-refractivity contribution in [2.45, 2.75) is 92.1 Å². The summed E-state index contributed by atoms with van der Waals surface area (Å²) in [6.07, 6.45) is -26.3. The second-order valence-electron chi connectivity index (χ2n) is 12.9. The molecule has 3 aromatic rings. The predicted molar refractivity (Wildman–Crippen MR) is 173 cm³/mol. The van der Waals surface area contributed by atoms with Crippen LogP contribution in [0.5, 0.6) is 23.0 Å². The van der Waals surface area contributed by atoms with Crippen LogP contribution >= 0.6 is 0 Å². The van der Waals surface area contributed by atoms with Crippen LogP contribution in [0.1, 0.15) is 0 Å². The number of aliphatic hydroxyl groups is 11. The molecule has 6 rings (SSSR count). The highest BCUT2D eigenvalue weighted by Gasteiger charge is 2.51. The topological polar surface area (TPSA) is 349 Å².